The van der Waals surface area contributed by atoms with Gasteiger partial charge in [-0.1, -0.05) is 42.1 Å². The molecule has 0 aliphatic rings. The van der Waals surface area contributed by atoms with Gasteiger partial charge in [-0.05, 0) is 43.7 Å². The van der Waals surface area contributed by atoms with E-state index in [1.165, 1.54) is 17.3 Å². The summed E-state index contributed by atoms with van der Waals surface area (Å²) in [6.45, 7) is 4.23. The number of benzene rings is 2. The van der Waals surface area contributed by atoms with Crippen LogP contribution < -0.4 is 4.74 Å². The lowest BCUT2D eigenvalue weighted by molar-refractivity contribution is 0.126. The maximum Gasteiger partial charge on any atom is 0.195 e. The van der Waals surface area contributed by atoms with E-state index in [9.17, 15) is 5.11 Å². The number of ether oxygens (including phenoxy) is 1. The average Bonchev–Trinajstić information content (AvgIpc) is 2.99. The molecule has 5 nitrogen and oxygen atoms in total. The van der Waals surface area contributed by atoms with Gasteiger partial charge in [-0.25, -0.2) is 0 Å². The molecule has 1 N–H and O–H groups in total. The van der Waals surface area contributed by atoms with E-state index in [1.807, 2.05) is 54.0 Å². The van der Waals surface area contributed by atoms with Gasteiger partial charge in [0.15, 0.2) is 5.16 Å². The van der Waals surface area contributed by atoms with Crippen LogP contribution in [-0.4, -0.2) is 38.3 Å². The van der Waals surface area contributed by atoms with Crippen LogP contribution in [-0.2, 0) is 0 Å². The molecule has 25 heavy (non-hydrogen) atoms. The lowest BCUT2D eigenvalue weighted by Gasteiger charge is -2.13. The Hall–Kier alpha value is -2.31. The summed E-state index contributed by atoms with van der Waals surface area (Å²) in [7, 11) is 0. The van der Waals surface area contributed by atoms with Gasteiger partial charge in [0.1, 0.15) is 18.2 Å². The van der Waals surface area contributed by atoms with Crippen molar-refractivity contribution in [1.29, 1.82) is 0 Å². The summed E-state index contributed by atoms with van der Waals surface area (Å²) < 4.78 is 7.59. The molecule has 1 aromatic heterocycles. The molecule has 6 heteroatoms. The molecule has 0 bridgehead atoms. The SMILES string of the molecule is Cc1cccc(-n2c(C)nnc2SCC(O)COc2ccccc2)c1. The molecule has 0 fully saturated rings. The highest BCUT2D eigenvalue weighted by Crippen LogP contribution is 2.23. The van der Waals surface area contributed by atoms with Gasteiger partial charge in [-0.3, -0.25) is 4.57 Å². The predicted octanol–water partition coefficient (Wildman–Crippen LogP) is 3.42. The quantitative estimate of drug-likeness (QED) is 0.658. The van der Waals surface area contributed by atoms with Crippen molar-refractivity contribution in [3.05, 3.63) is 66.0 Å². The number of para-hydroxylation sites is 1. The van der Waals surface area contributed by atoms with E-state index < -0.39 is 6.10 Å². The Morgan fingerprint density at radius 3 is 2.64 bits per heavy atom. The number of aliphatic hydroxyl groups is 1. The molecule has 1 atom stereocenters. The minimum atomic E-state index is -0.590. The van der Waals surface area contributed by atoms with Crippen LogP contribution in [0.3, 0.4) is 0 Å². The summed E-state index contributed by atoms with van der Waals surface area (Å²) in [4.78, 5) is 0. The number of aryl methyl sites for hydroxylation is 2. The first-order chi connectivity index (χ1) is 12.1. The second kappa shape index (κ2) is 8.18. The Labute approximate surface area is 151 Å². The number of hydrogen-bond acceptors (Lipinski definition) is 5. The molecule has 3 aromatic rings. The smallest absolute Gasteiger partial charge is 0.195 e. The van der Waals surface area contributed by atoms with Crippen molar-refractivity contribution < 1.29 is 9.84 Å². The molecular formula is C19H21N3O2S. The van der Waals surface area contributed by atoms with E-state index in [4.69, 9.17) is 4.74 Å². The molecule has 0 aliphatic carbocycles. The molecule has 130 valence electrons. The summed E-state index contributed by atoms with van der Waals surface area (Å²) in [6, 6.07) is 17.7. The zero-order valence-corrected chi connectivity index (χ0v) is 15.1. The molecule has 0 radical (unpaired) electrons. The number of nitrogens with zero attached hydrogens (tertiary/aromatic N) is 3. The van der Waals surface area contributed by atoms with Gasteiger partial charge in [0.25, 0.3) is 0 Å². The van der Waals surface area contributed by atoms with E-state index in [0.717, 1.165) is 22.4 Å². The number of thioether (sulfide) groups is 1. The topological polar surface area (TPSA) is 60.2 Å². The number of aliphatic hydroxyl groups excluding tert-OH is 1. The minimum absolute atomic E-state index is 0.245. The fraction of sp³-hybridized carbons (Fsp3) is 0.263. The summed E-state index contributed by atoms with van der Waals surface area (Å²) >= 11 is 1.47. The molecule has 0 spiro atoms. The standard InChI is InChI=1S/C19H21N3O2S/c1-14-7-6-8-16(11-14)22-15(2)20-21-19(22)25-13-17(23)12-24-18-9-4-3-5-10-18/h3-11,17,23H,12-13H2,1-2H3. The van der Waals surface area contributed by atoms with Crippen molar-refractivity contribution in [3.8, 4) is 11.4 Å². The van der Waals surface area contributed by atoms with Crippen LogP contribution in [0.2, 0.25) is 0 Å². The lowest BCUT2D eigenvalue weighted by atomic mass is 10.2. The molecule has 3 rings (SSSR count). The predicted molar refractivity (Wildman–Crippen MR) is 99.5 cm³/mol. The van der Waals surface area contributed by atoms with Crippen LogP contribution in [0.1, 0.15) is 11.4 Å². The fourth-order valence-corrected chi connectivity index (χ4v) is 3.33. The van der Waals surface area contributed by atoms with Gasteiger partial charge in [-0.15, -0.1) is 10.2 Å². The van der Waals surface area contributed by atoms with Crippen molar-refractivity contribution in [2.45, 2.75) is 25.1 Å². The van der Waals surface area contributed by atoms with Crippen molar-refractivity contribution in [2.75, 3.05) is 12.4 Å². The van der Waals surface area contributed by atoms with Gasteiger partial charge in [-0.2, -0.15) is 0 Å². The third-order valence-electron chi connectivity index (χ3n) is 3.65. The molecule has 1 unspecified atom stereocenters. The Bertz CT molecular complexity index is 821. The van der Waals surface area contributed by atoms with Crippen LogP contribution in [0.5, 0.6) is 5.75 Å². The Kier molecular flexibility index (Phi) is 5.73. The normalized spacial score (nSPS) is 12.1. The number of rotatable bonds is 7. The second-order valence-corrected chi connectivity index (χ2v) is 6.78. The van der Waals surface area contributed by atoms with Crippen LogP contribution >= 0.6 is 11.8 Å². The summed E-state index contributed by atoms with van der Waals surface area (Å²) in [5.74, 6) is 2.06. The van der Waals surface area contributed by atoms with Crippen LogP contribution in [0.4, 0.5) is 0 Å². The van der Waals surface area contributed by atoms with Crippen LogP contribution in [0, 0.1) is 13.8 Å². The largest absolute Gasteiger partial charge is 0.491 e. The zero-order valence-electron chi connectivity index (χ0n) is 14.3. The maximum absolute atomic E-state index is 10.2. The lowest BCUT2D eigenvalue weighted by Crippen LogP contribution is -2.20. The first-order valence-corrected chi connectivity index (χ1v) is 9.10. The molecule has 0 saturated heterocycles. The molecule has 0 amide bonds. The van der Waals surface area contributed by atoms with Crippen molar-refractivity contribution >= 4 is 11.8 Å². The van der Waals surface area contributed by atoms with Gasteiger partial charge >= 0.3 is 0 Å². The van der Waals surface area contributed by atoms with E-state index in [-0.39, 0.29) is 6.61 Å². The highest BCUT2D eigenvalue weighted by molar-refractivity contribution is 7.99. The third-order valence-corrected chi connectivity index (χ3v) is 4.72. The van der Waals surface area contributed by atoms with Crippen molar-refractivity contribution in [3.63, 3.8) is 0 Å². The zero-order chi connectivity index (χ0) is 17.6. The fourth-order valence-electron chi connectivity index (χ4n) is 2.43. The first-order valence-electron chi connectivity index (χ1n) is 8.11. The number of aromatic nitrogens is 3. The molecule has 0 aliphatic heterocycles. The minimum Gasteiger partial charge on any atom is -0.491 e. The van der Waals surface area contributed by atoms with Gasteiger partial charge in [0.2, 0.25) is 0 Å². The first kappa shape index (κ1) is 17.5. The second-order valence-electron chi connectivity index (χ2n) is 5.79. The highest BCUT2D eigenvalue weighted by Gasteiger charge is 2.14. The molecule has 1 heterocycles. The van der Waals surface area contributed by atoms with Crippen molar-refractivity contribution in [1.82, 2.24) is 14.8 Å². The van der Waals surface area contributed by atoms with Crippen LogP contribution in [0.25, 0.3) is 5.69 Å². The van der Waals surface area contributed by atoms with E-state index >= 15 is 0 Å². The molecule has 0 saturated carbocycles. The Morgan fingerprint density at radius 2 is 1.88 bits per heavy atom. The third kappa shape index (κ3) is 4.61. The van der Waals surface area contributed by atoms with Gasteiger partial charge < -0.3 is 9.84 Å². The van der Waals surface area contributed by atoms with Gasteiger partial charge in [0, 0.05) is 11.4 Å². The average molecular weight is 355 g/mol. The monoisotopic (exact) mass is 355 g/mol. The van der Waals surface area contributed by atoms with Crippen LogP contribution in [0.15, 0.2) is 59.8 Å². The Morgan fingerprint density at radius 1 is 1.08 bits per heavy atom. The Balaban J connectivity index is 1.62. The molecule has 2 aromatic carbocycles. The maximum atomic E-state index is 10.2. The van der Waals surface area contributed by atoms with E-state index in [0.29, 0.717) is 5.75 Å². The highest BCUT2D eigenvalue weighted by atomic mass is 32.2. The van der Waals surface area contributed by atoms with E-state index in [2.05, 4.69) is 29.3 Å². The molecular weight excluding hydrogens is 334 g/mol. The van der Waals surface area contributed by atoms with Crippen molar-refractivity contribution in [2.24, 2.45) is 0 Å². The number of hydrogen-bond donors (Lipinski definition) is 1. The summed E-state index contributed by atoms with van der Waals surface area (Å²) in [5.41, 5.74) is 2.21. The summed E-state index contributed by atoms with van der Waals surface area (Å²) in [5, 5.41) is 19.4. The summed E-state index contributed by atoms with van der Waals surface area (Å²) in [6.07, 6.45) is -0.590. The van der Waals surface area contributed by atoms with E-state index in [1.54, 1.807) is 0 Å². The van der Waals surface area contributed by atoms with Gasteiger partial charge in [0.05, 0.1) is 6.10 Å².